The van der Waals surface area contributed by atoms with Crippen LogP contribution in [0.3, 0.4) is 0 Å². The fourth-order valence-corrected chi connectivity index (χ4v) is 2.95. The number of amides is 3. The van der Waals surface area contributed by atoms with Crippen molar-refractivity contribution in [2.75, 3.05) is 26.2 Å². The molecule has 24 heavy (non-hydrogen) atoms. The van der Waals surface area contributed by atoms with Gasteiger partial charge in [-0.2, -0.15) is 0 Å². The topological polar surface area (TPSA) is 87.5 Å². The van der Waals surface area contributed by atoms with Gasteiger partial charge in [-0.25, -0.2) is 9.78 Å². The van der Waals surface area contributed by atoms with Gasteiger partial charge in [0.2, 0.25) is 5.91 Å². The standard InChI is InChI=1S/C17H22N4O3/c1-12(22)18-8-9-19-17(23)21-10-4-5-13(11-21)16-20-14-6-2-3-7-15(14)24-16/h2-3,6-7,13H,4-5,8-11H2,1H3,(H,18,22)(H,19,23). The van der Waals surface area contributed by atoms with E-state index in [9.17, 15) is 9.59 Å². The maximum absolute atomic E-state index is 12.2. The number of carbonyl (C=O) groups excluding carboxylic acids is 2. The fraction of sp³-hybridized carbons (Fsp3) is 0.471. The SMILES string of the molecule is CC(=O)NCCNC(=O)N1CCCC(c2nc3ccccc3o2)C1. The molecule has 7 nitrogen and oxygen atoms in total. The number of rotatable bonds is 4. The van der Waals surface area contributed by atoms with E-state index in [0.717, 1.165) is 30.5 Å². The molecule has 1 aliphatic rings. The van der Waals surface area contributed by atoms with E-state index in [1.54, 1.807) is 4.90 Å². The lowest BCUT2D eigenvalue weighted by molar-refractivity contribution is -0.118. The maximum atomic E-state index is 12.2. The van der Waals surface area contributed by atoms with Crippen molar-refractivity contribution < 1.29 is 14.0 Å². The number of hydrogen-bond acceptors (Lipinski definition) is 4. The van der Waals surface area contributed by atoms with E-state index < -0.39 is 0 Å². The number of nitrogens with zero attached hydrogens (tertiary/aromatic N) is 2. The van der Waals surface area contributed by atoms with Gasteiger partial charge >= 0.3 is 6.03 Å². The summed E-state index contributed by atoms with van der Waals surface area (Å²) in [4.78, 5) is 29.4. The molecule has 0 bridgehead atoms. The molecule has 1 aromatic carbocycles. The number of hydrogen-bond donors (Lipinski definition) is 2. The number of para-hydroxylation sites is 2. The largest absolute Gasteiger partial charge is 0.440 e. The maximum Gasteiger partial charge on any atom is 0.317 e. The normalized spacial score (nSPS) is 17.7. The summed E-state index contributed by atoms with van der Waals surface area (Å²) < 4.78 is 5.84. The summed E-state index contributed by atoms with van der Waals surface area (Å²) in [6.45, 7) is 3.63. The second-order valence-electron chi connectivity index (χ2n) is 6.02. The van der Waals surface area contributed by atoms with Crippen LogP contribution in [0.25, 0.3) is 11.1 Å². The van der Waals surface area contributed by atoms with E-state index in [0.29, 0.717) is 25.5 Å². The minimum atomic E-state index is -0.110. The summed E-state index contributed by atoms with van der Waals surface area (Å²) in [6.07, 6.45) is 1.88. The first-order valence-corrected chi connectivity index (χ1v) is 8.26. The Morgan fingerprint density at radius 2 is 2.08 bits per heavy atom. The van der Waals surface area contributed by atoms with E-state index in [1.165, 1.54) is 6.92 Å². The van der Waals surface area contributed by atoms with Crippen LogP contribution in [-0.2, 0) is 4.79 Å². The van der Waals surface area contributed by atoms with Crippen molar-refractivity contribution in [3.8, 4) is 0 Å². The number of carbonyl (C=O) groups is 2. The summed E-state index contributed by atoms with van der Waals surface area (Å²) >= 11 is 0. The van der Waals surface area contributed by atoms with Crippen LogP contribution >= 0.6 is 0 Å². The van der Waals surface area contributed by atoms with E-state index in [1.807, 2.05) is 24.3 Å². The third kappa shape index (κ3) is 3.84. The zero-order chi connectivity index (χ0) is 16.9. The number of nitrogens with one attached hydrogen (secondary N) is 2. The molecule has 1 aromatic heterocycles. The van der Waals surface area contributed by atoms with Crippen LogP contribution in [0.1, 0.15) is 31.6 Å². The highest BCUT2D eigenvalue weighted by molar-refractivity contribution is 5.75. The number of aromatic nitrogens is 1. The number of piperidine rings is 1. The quantitative estimate of drug-likeness (QED) is 0.838. The van der Waals surface area contributed by atoms with Gasteiger partial charge in [0.05, 0.1) is 5.92 Å². The summed E-state index contributed by atoms with van der Waals surface area (Å²) in [5.41, 5.74) is 1.63. The molecule has 0 radical (unpaired) electrons. The van der Waals surface area contributed by atoms with E-state index in [-0.39, 0.29) is 17.9 Å². The minimum Gasteiger partial charge on any atom is -0.440 e. The number of oxazole rings is 1. The number of benzene rings is 1. The Morgan fingerprint density at radius 1 is 1.29 bits per heavy atom. The molecule has 128 valence electrons. The molecular weight excluding hydrogens is 308 g/mol. The van der Waals surface area contributed by atoms with Crippen LogP contribution < -0.4 is 10.6 Å². The van der Waals surface area contributed by atoms with Crippen molar-refractivity contribution in [3.63, 3.8) is 0 Å². The molecule has 0 aliphatic carbocycles. The van der Waals surface area contributed by atoms with Crippen LogP contribution in [0.15, 0.2) is 28.7 Å². The first-order chi connectivity index (χ1) is 11.6. The number of fused-ring (bicyclic) bond motifs is 1. The van der Waals surface area contributed by atoms with Crippen molar-refractivity contribution in [3.05, 3.63) is 30.2 Å². The molecule has 1 fully saturated rings. The average Bonchev–Trinajstić information content (AvgIpc) is 3.02. The average molecular weight is 330 g/mol. The molecule has 7 heteroatoms. The minimum absolute atomic E-state index is 0.0988. The fourth-order valence-electron chi connectivity index (χ4n) is 2.95. The Kier molecular flexibility index (Phi) is 4.98. The third-order valence-electron chi connectivity index (χ3n) is 4.14. The molecule has 3 amide bonds. The van der Waals surface area contributed by atoms with Gasteiger partial charge in [-0.1, -0.05) is 12.1 Å². The predicted molar refractivity (Wildman–Crippen MR) is 89.6 cm³/mol. The molecule has 0 saturated carbocycles. The van der Waals surface area contributed by atoms with Gasteiger partial charge in [0, 0.05) is 33.1 Å². The van der Waals surface area contributed by atoms with Crippen molar-refractivity contribution in [1.82, 2.24) is 20.5 Å². The zero-order valence-electron chi connectivity index (χ0n) is 13.7. The Bertz CT molecular complexity index is 694. The van der Waals surface area contributed by atoms with Gasteiger partial charge in [-0.05, 0) is 25.0 Å². The molecule has 1 aliphatic heterocycles. The van der Waals surface area contributed by atoms with Crippen LogP contribution in [0.4, 0.5) is 4.79 Å². The molecule has 3 rings (SSSR count). The monoisotopic (exact) mass is 330 g/mol. The van der Waals surface area contributed by atoms with Crippen molar-refractivity contribution in [1.29, 1.82) is 0 Å². The Balaban J connectivity index is 1.57. The molecule has 2 N–H and O–H groups in total. The lowest BCUT2D eigenvalue weighted by atomic mass is 9.98. The van der Waals surface area contributed by atoms with Crippen LogP contribution in [0.2, 0.25) is 0 Å². The molecule has 1 saturated heterocycles. The first kappa shape index (κ1) is 16.3. The van der Waals surface area contributed by atoms with E-state index >= 15 is 0 Å². The molecular formula is C17H22N4O3. The van der Waals surface area contributed by atoms with Crippen LogP contribution in [0.5, 0.6) is 0 Å². The predicted octanol–water partition coefficient (Wildman–Crippen LogP) is 1.85. The van der Waals surface area contributed by atoms with Gasteiger partial charge in [0.1, 0.15) is 5.52 Å². The molecule has 1 unspecified atom stereocenters. The summed E-state index contributed by atoms with van der Waals surface area (Å²) in [6, 6.07) is 7.58. The molecule has 2 aromatic rings. The number of likely N-dealkylation sites (tertiary alicyclic amines) is 1. The first-order valence-electron chi connectivity index (χ1n) is 8.26. The Hall–Kier alpha value is -2.57. The Labute approximate surface area is 140 Å². The molecule has 1 atom stereocenters. The second-order valence-corrected chi connectivity index (χ2v) is 6.02. The summed E-state index contributed by atoms with van der Waals surface area (Å²) in [5.74, 6) is 0.720. The molecule has 0 spiro atoms. The molecule has 2 heterocycles. The van der Waals surface area contributed by atoms with Crippen molar-refractivity contribution >= 4 is 23.0 Å². The lowest BCUT2D eigenvalue weighted by Crippen LogP contribution is -2.46. The Morgan fingerprint density at radius 3 is 2.88 bits per heavy atom. The van der Waals surface area contributed by atoms with Crippen molar-refractivity contribution in [2.45, 2.75) is 25.7 Å². The summed E-state index contributed by atoms with van der Waals surface area (Å²) in [7, 11) is 0. The lowest BCUT2D eigenvalue weighted by Gasteiger charge is -2.31. The number of urea groups is 1. The highest BCUT2D eigenvalue weighted by Crippen LogP contribution is 2.28. The van der Waals surface area contributed by atoms with Crippen LogP contribution in [0, 0.1) is 0 Å². The van der Waals surface area contributed by atoms with Gasteiger partial charge in [-0.3, -0.25) is 4.79 Å². The van der Waals surface area contributed by atoms with Crippen molar-refractivity contribution in [2.24, 2.45) is 0 Å². The third-order valence-corrected chi connectivity index (χ3v) is 4.14. The van der Waals surface area contributed by atoms with Gasteiger partial charge < -0.3 is 20.0 Å². The summed E-state index contributed by atoms with van der Waals surface area (Å²) in [5, 5.41) is 5.48. The van der Waals surface area contributed by atoms with Gasteiger partial charge in [0.15, 0.2) is 11.5 Å². The zero-order valence-corrected chi connectivity index (χ0v) is 13.7. The highest BCUT2D eigenvalue weighted by Gasteiger charge is 2.27. The van der Waals surface area contributed by atoms with Gasteiger partial charge in [0.25, 0.3) is 0 Å². The van der Waals surface area contributed by atoms with E-state index in [2.05, 4.69) is 15.6 Å². The second kappa shape index (κ2) is 7.33. The van der Waals surface area contributed by atoms with Gasteiger partial charge in [-0.15, -0.1) is 0 Å². The van der Waals surface area contributed by atoms with Crippen LogP contribution in [-0.4, -0.2) is 48.0 Å². The van der Waals surface area contributed by atoms with E-state index in [4.69, 9.17) is 4.42 Å². The highest BCUT2D eigenvalue weighted by atomic mass is 16.3. The smallest absolute Gasteiger partial charge is 0.317 e.